The smallest absolute Gasteiger partial charge is 0.269 e. The van der Waals surface area contributed by atoms with Gasteiger partial charge in [0.05, 0.1) is 11.0 Å². The first-order valence-corrected chi connectivity index (χ1v) is 10.2. The van der Waals surface area contributed by atoms with Gasteiger partial charge in [-0.25, -0.2) is 0 Å². The Hall–Kier alpha value is -3.93. The standard InChI is InChI=1S/C25H23N3O3/c1-18-17-23(26-20-7-3-2-4-8-20)22-9-5-6-10-24(22)27(18)25(29)16-13-19-11-14-21(15-12-19)28(30)31/h2-16,18,23,26H,17H2,1H3/b16-13+. The zero-order valence-corrected chi connectivity index (χ0v) is 17.1. The summed E-state index contributed by atoms with van der Waals surface area (Å²) in [4.78, 5) is 25.3. The van der Waals surface area contributed by atoms with Crippen molar-refractivity contribution in [3.8, 4) is 0 Å². The van der Waals surface area contributed by atoms with Crippen LogP contribution in [0.1, 0.15) is 30.5 Å². The lowest BCUT2D eigenvalue weighted by Crippen LogP contribution is -2.43. The highest BCUT2D eigenvalue weighted by Crippen LogP contribution is 2.39. The van der Waals surface area contributed by atoms with Crippen LogP contribution in [-0.2, 0) is 4.79 Å². The van der Waals surface area contributed by atoms with E-state index in [1.165, 1.54) is 18.2 Å². The quantitative estimate of drug-likeness (QED) is 0.336. The first-order valence-electron chi connectivity index (χ1n) is 10.2. The van der Waals surface area contributed by atoms with Crippen molar-refractivity contribution in [1.82, 2.24) is 0 Å². The normalized spacial score (nSPS) is 17.9. The molecule has 6 heteroatoms. The van der Waals surface area contributed by atoms with E-state index in [0.717, 1.165) is 28.9 Å². The lowest BCUT2D eigenvalue weighted by Gasteiger charge is -2.39. The molecule has 31 heavy (non-hydrogen) atoms. The molecule has 0 saturated heterocycles. The molecular weight excluding hydrogens is 390 g/mol. The van der Waals surface area contributed by atoms with Crippen LogP contribution in [0.4, 0.5) is 17.1 Å². The minimum atomic E-state index is -0.440. The number of nitrogens with one attached hydrogen (secondary N) is 1. The Morgan fingerprint density at radius 3 is 2.42 bits per heavy atom. The lowest BCUT2D eigenvalue weighted by molar-refractivity contribution is -0.384. The number of non-ortho nitro benzene ring substituents is 1. The molecule has 0 bridgehead atoms. The molecule has 1 amide bonds. The monoisotopic (exact) mass is 413 g/mol. The van der Waals surface area contributed by atoms with E-state index < -0.39 is 4.92 Å². The van der Waals surface area contributed by atoms with Crippen molar-refractivity contribution in [3.05, 3.63) is 106 Å². The minimum Gasteiger partial charge on any atom is -0.378 e. The molecule has 1 aliphatic heterocycles. The van der Waals surface area contributed by atoms with Crippen molar-refractivity contribution < 1.29 is 9.72 Å². The Bertz CT molecular complexity index is 1110. The summed E-state index contributed by atoms with van der Waals surface area (Å²) >= 11 is 0. The molecular formula is C25H23N3O3. The second-order valence-electron chi connectivity index (χ2n) is 7.60. The summed E-state index contributed by atoms with van der Waals surface area (Å²) in [6.07, 6.45) is 4.00. The summed E-state index contributed by atoms with van der Waals surface area (Å²) in [5.74, 6) is -0.114. The third-order valence-corrected chi connectivity index (χ3v) is 5.46. The van der Waals surface area contributed by atoms with Crippen LogP contribution >= 0.6 is 0 Å². The maximum Gasteiger partial charge on any atom is 0.269 e. The molecule has 2 atom stereocenters. The van der Waals surface area contributed by atoms with Crippen LogP contribution in [0.3, 0.4) is 0 Å². The third kappa shape index (κ3) is 4.48. The SMILES string of the molecule is CC1CC(Nc2ccccc2)c2ccccc2N1C(=O)/C=C/c1ccc([N+](=O)[O-])cc1. The van der Waals surface area contributed by atoms with E-state index >= 15 is 0 Å². The van der Waals surface area contributed by atoms with Crippen molar-refractivity contribution >= 4 is 29.0 Å². The third-order valence-electron chi connectivity index (χ3n) is 5.46. The van der Waals surface area contributed by atoms with Crippen molar-refractivity contribution in [1.29, 1.82) is 0 Å². The van der Waals surface area contributed by atoms with Crippen molar-refractivity contribution in [3.63, 3.8) is 0 Å². The number of nitro groups is 1. The van der Waals surface area contributed by atoms with E-state index in [-0.39, 0.29) is 23.7 Å². The average molecular weight is 413 g/mol. The van der Waals surface area contributed by atoms with E-state index in [1.807, 2.05) is 60.4 Å². The summed E-state index contributed by atoms with van der Waals surface area (Å²) in [5, 5.41) is 14.4. The summed E-state index contributed by atoms with van der Waals surface area (Å²) in [6, 6.07) is 24.3. The summed E-state index contributed by atoms with van der Waals surface area (Å²) in [5.41, 5.74) is 3.79. The van der Waals surface area contributed by atoms with Gasteiger partial charge in [0.25, 0.3) is 11.6 Å². The number of fused-ring (bicyclic) bond motifs is 1. The Kier molecular flexibility index (Phi) is 5.80. The zero-order valence-electron chi connectivity index (χ0n) is 17.1. The Morgan fingerprint density at radius 2 is 1.71 bits per heavy atom. The van der Waals surface area contributed by atoms with Crippen LogP contribution in [0.2, 0.25) is 0 Å². The molecule has 3 aromatic rings. The van der Waals surface area contributed by atoms with Gasteiger partial charge in [0.2, 0.25) is 0 Å². The van der Waals surface area contributed by atoms with Gasteiger partial charge in [-0.1, -0.05) is 36.4 Å². The highest BCUT2D eigenvalue weighted by atomic mass is 16.6. The zero-order chi connectivity index (χ0) is 21.8. The van der Waals surface area contributed by atoms with Crippen molar-refractivity contribution in [2.45, 2.75) is 25.4 Å². The fourth-order valence-electron chi connectivity index (χ4n) is 3.98. The van der Waals surface area contributed by atoms with Crippen molar-refractivity contribution in [2.24, 2.45) is 0 Å². The highest BCUT2D eigenvalue weighted by Gasteiger charge is 2.32. The number of hydrogen-bond acceptors (Lipinski definition) is 4. The van der Waals surface area contributed by atoms with Gasteiger partial charge in [-0.05, 0) is 60.9 Å². The van der Waals surface area contributed by atoms with E-state index in [1.54, 1.807) is 18.2 Å². The predicted octanol–water partition coefficient (Wildman–Crippen LogP) is 5.59. The summed E-state index contributed by atoms with van der Waals surface area (Å²) < 4.78 is 0. The first-order chi connectivity index (χ1) is 15.0. The number of hydrogen-bond donors (Lipinski definition) is 1. The number of carbonyl (C=O) groups excluding carboxylic acids is 1. The van der Waals surface area contributed by atoms with Gasteiger partial charge in [0.15, 0.2) is 0 Å². The molecule has 2 unspecified atom stereocenters. The second-order valence-corrected chi connectivity index (χ2v) is 7.60. The number of nitrogens with zero attached hydrogens (tertiary/aromatic N) is 2. The maximum atomic E-state index is 13.1. The van der Waals surface area contributed by atoms with Crippen LogP contribution in [0.15, 0.2) is 84.9 Å². The molecule has 0 aliphatic carbocycles. The van der Waals surface area contributed by atoms with E-state index in [4.69, 9.17) is 0 Å². The van der Waals surface area contributed by atoms with Crippen LogP contribution in [0.5, 0.6) is 0 Å². The molecule has 3 aromatic carbocycles. The average Bonchev–Trinajstić information content (AvgIpc) is 2.78. The largest absolute Gasteiger partial charge is 0.378 e. The Labute approximate surface area is 181 Å². The molecule has 1 aliphatic rings. The topological polar surface area (TPSA) is 75.5 Å². The first kappa shape index (κ1) is 20.3. The molecule has 0 aromatic heterocycles. The fraction of sp³-hybridized carbons (Fsp3) is 0.160. The second kappa shape index (κ2) is 8.83. The van der Waals surface area contributed by atoms with Gasteiger partial charge in [-0.15, -0.1) is 0 Å². The minimum absolute atomic E-state index is 0.00474. The molecule has 1 N–H and O–H groups in total. The Balaban J connectivity index is 1.56. The van der Waals surface area contributed by atoms with Gasteiger partial charge < -0.3 is 10.2 Å². The molecule has 156 valence electrons. The van der Waals surface area contributed by atoms with E-state index in [2.05, 4.69) is 11.4 Å². The number of anilines is 2. The number of carbonyl (C=O) groups is 1. The number of amides is 1. The van der Waals surface area contributed by atoms with E-state index in [0.29, 0.717) is 0 Å². The van der Waals surface area contributed by atoms with Crippen molar-refractivity contribution in [2.75, 3.05) is 10.2 Å². The van der Waals surface area contributed by atoms with Crippen LogP contribution in [0.25, 0.3) is 6.08 Å². The number of nitro benzene ring substituents is 1. The van der Waals surface area contributed by atoms with Crippen LogP contribution < -0.4 is 10.2 Å². The van der Waals surface area contributed by atoms with Gasteiger partial charge in [0, 0.05) is 35.6 Å². The number of para-hydroxylation sites is 2. The fourth-order valence-corrected chi connectivity index (χ4v) is 3.98. The maximum absolute atomic E-state index is 13.1. The molecule has 6 nitrogen and oxygen atoms in total. The predicted molar refractivity (Wildman–Crippen MR) is 123 cm³/mol. The van der Waals surface area contributed by atoms with Crippen LogP contribution in [-0.4, -0.2) is 16.9 Å². The molecule has 1 heterocycles. The number of rotatable bonds is 5. The molecule has 4 rings (SSSR count). The Morgan fingerprint density at radius 1 is 1.03 bits per heavy atom. The van der Waals surface area contributed by atoms with E-state index in [9.17, 15) is 14.9 Å². The lowest BCUT2D eigenvalue weighted by atomic mass is 9.91. The number of benzene rings is 3. The molecule has 0 radical (unpaired) electrons. The van der Waals surface area contributed by atoms with Gasteiger partial charge in [-0.3, -0.25) is 14.9 Å². The van der Waals surface area contributed by atoms with Gasteiger partial charge >= 0.3 is 0 Å². The van der Waals surface area contributed by atoms with Gasteiger partial charge in [-0.2, -0.15) is 0 Å². The summed E-state index contributed by atoms with van der Waals surface area (Å²) in [6.45, 7) is 2.05. The highest BCUT2D eigenvalue weighted by molar-refractivity contribution is 6.05. The van der Waals surface area contributed by atoms with Gasteiger partial charge in [0.1, 0.15) is 0 Å². The molecule has 0 saturated carbocycles. The summed E-state index contributed by atoms with van der Waals surface area (Å²) in [7, 11) is 0. The van der Waals surface area contributed by atoms with Crippen LogP contribution in [0, 0.1) is 10.1 Å². The molecule has 0 fully saturated rings. The molecule has 0 spiro atoms.